The maximum atomic E-state index is 12.3. The second-order valence-electron chi connectivity index (χ2n) is 5.25. The Bertz CT molecular complexity index is 672. The van der Waals surface area contributed by atoms with Crippen molar-refractivity contribution in [3.05, 3.63) is 16.3 Å². The number of amides is 1. The standard InChI is InChI=1S/C12H14F3N5O4/c1-18-10(8(6-16-18)20(23)24)19-4-2-7(9(21)3-5-19)17-11(22)12(13,14)15/h6-7H,2-5H2,1H3,(H,17,22)/t7-/m0/s1. The predicted molar refractivity (Wildman–Crippen MR) is 74.3 cm³/mol. The number of rotatable bonds is 3. The van der Waals surface area contributed by atoms with Gasteiger partial charge in [0.2, 0.25) is 5.82 Å². The zero-order valence-corrected chi connectivity index (χ0v) is 12.5. The number of halogens is 3. The second kappa shape index (κ2) is 6.45. The Morgan fingerprint density at radius 3 is 2.71 bits per heavy atom. The molecule has 1 amide bonds. The molecule has 1 aliphatic heterocycles. The van der Waals surface area contributed by atoms with Crippen LogP contribution in [0.1, 0.15) is 12.8 Å². The monoisotopic (exact) mass is 349 g/mol. The summed E-state index contributed by atoms with van der Waals surface area (Å²) < 4.78 is 38.2. The number of carbonyl (C=O) groups excluding carboxylic acids is 2. The number of nitro groups is 1. The number of hydrogen-bond donors (Lipinski definition) is 1. The number of nitrogens with one attached hydrogen (secondary N) is 1. The molecule has 1 atom stereocenters. The van der Waals surface area contributed by atoms with Gasteiger partial charge >= 0.3 is 17.8 Å². The number of alkyl halides is 3. The van der Waals surface area contributed by atoms with Crippen LogP contribution < -0.4 is 10.2 Å². The van der Waals surface area contributed by atoms with Gasteiger partial charge in [0.25, 0.3) is 0 Å². The molecule has 1 aromatic rings. The minimum atomic E-state index is -5.08. The first kappa shape index (κ1) is 17.7. The zero-order chi connectivity index (χ0) is 18.1. The molecule has 24 heavy (non-hydrogen) atoms. The first-order valence-corrected chi connectivity index (χ1v) is 6.93. The van der Waals surface area contributed by atoms with Gasteiger partial charge < -0.3 is 10.2 Å². The van der Waals surface area contributed by atoms with Crippen LogP contribution in [0.5, 0.6) is 0 Å². The lowest BCUT2D eigenvalue weighted by Crippen LogP contribution is -2.46. The van der Waals surface area contributed by atoms with Gasteiger partial charge in [0.15, 0.2) is 5.78 Å². The average Bonchev–Trinajstić information content (AvgIpc) is 2.77. The van der Waals surface area contributed by atoms with Gasteiger partial charge in [-0.3, -0.25) is 19.7 Å². The lowest BCUT2D eigenvalue weighted by molar-refractivity contribution is -0.384. The van der Waals surface area contributed by atoms with Crippen molar-refractivity contribution in [2.75, 3.05) is 18.0 Å². The second-order valence-corrected chi connectivity index (χ2v) is 5.25. The Morgan fingerprint density at radius 2 is 2.12 bits per heavy atom. The number of anilines is 1. The van der Waals surface area contributed by atoms with Gasteiger partial charge in [0, 0.05) is 26.6 Å². The van der Waals surface area contributed by atoms with Crippen molar-refractivity contribution >= 4 is 23.2 Å². The van der Waals surface area contributed by atoms with Crippen LogP contribution in [0, 0.1) is 10.1 Å². The van der Waals surface area contributed by atoms with E-state index in [2.05, 4.69) is 5.10 Å². The lowest BCUT2D eigenvalue weighted by Gasteiger charge is -2.21. The van der Waals surface area contributed by atoms with Crippen molar-refractivity contribution in [1.82, 2.24) is 15.1 Å². The predicted octanol–water partition coefficient (Wildman–Crippen LogP) is 0.545. The van der Waals surface area contributed by atoms with E-state index < -0.39 is 28.8 Å². The summed E-state index contributed by atoms with van der Waals surface area (Å²) in [5.41, 5.74) is -0.261. The van der Waals surface area contributed by atoms with Crippen molar-refractivity contribution < 1.29 is 27.7 Å². The third kappa shape index (κ3) is 3.63. The SMILES string of the molecule is Cn1ncc([N+](=O)[O-])c1N1CCC(=O)[C@@H](NC(=O)C(F)(F)F)CC1. The van der Waals surface area contributed by atoms with E-state index in [0.29, 0.717) is 0 Å². The number of carbonyl (C=O) groups is 2. The van der Waals surface area contributed by atoms with Crippen LogP contribution in [0.3, 0.4) is 0 Å². The summed E-state index contributed by atoms with van der Waals surface area (Å²) >= 11 is 0. The summed E-state index contributed by atoms with van der Waals surface area (Å²) in [7, 11) is 1.48. The highest BCUT2D eigenvalue weighted by atomic mass is 19.4. The highest BCUT2D eigenvalue weighted by molar-refractivity contribution is 5.91. The molecule has 0 spiro atoms. The number of Topliss-reactive ketones (excluding diaryl/α,β-unsaturated/α-hetero) is 1. The minimum Gasteiger partial charge on any atom is -0.351 e. The molecule has 1 aromatic heterocycles. The minimum absolute atomic E-state index is 0.0644. The molecule has 9 nitrogen and oxygen atoms in total. The van der Waals surface area contributed by atoms with Crippen molar-refractivity contribution in [2.45, 2.75) is 25.1 Å². The molecule has 1 aliphatic rings. The molecule has 132 valence electrons. The van der Waals surface area contributed by atoms with E-state index in [1.807, 2.05) is 0 Å². The molecule has 1 N–H and O–H groups in total. The van der Waals surface area contributed by atoms with Crippen LogP contribution >= 0.6 is 0 Å². The molecule has 0 unspecified atom stereocenters. The summed E-state index contributed by atoms with van der Waals surface area (Å²) in [5.74, 6) is -2.57. The Morgan fingerprint density at radius 1 is 1.46 bits per heavy atom. The van der Waals surface area contributed by atoms with Crippen LogP contribution in [0.4, 0.5) is 24.7 Å². The Labute approximate surface area is 133 Å². The summed E-state index contributed by atoms with van der Waals surface area (Å²) in [4.78, 5) is 34.8. The van der Waals surface area contributed by atoms with E-state index >= 15 is 0 Å². The van der Waals surface area contributed by atoms with E-state index in [4.69, 9.17) is 0 Å². The molecular weight excluding hydrogens is 335 g/mol. The van der Waals surface area contributed by atoms with Gasteiger partial charge in [0.1, 0.15) is 6.20 Å². The van der Waals surface area contributed by atoms with Crippen LogP contribution in [0.15, 0.2) is 6.20 Å². The fourth-order valence-corrected chi connectivity index (χ4v) is 2.50. The van der Waals surface area contributed by atoms with Gasteiger partial charge in [-0.25, -0.2) is 4.68 Å². The van der Waals surface area contributed by atoms with Crippen LogP contribution in [0.25, 0.3) is 0 Å². The van der Waals surface area contributed by atoms with E-state index in [9.17, 15) is 32.9 Å². The third-order valence-electron chi connectivity index (χ3n) is 3.65. The Hall–Kier alpha value is -2.66. The molecule has 12 heteroatoms. The largest absolute Gasteiger partial charge is 0.471 e. The molecule has 0 aromatic carbocycles. The molecule has 1 fully saturated rings. The molecule has 1 saturated heterocycles. The molecule has 0 aliphatic carbocycles. The Kier molecular flexibility index (Phi) is 4.76. The highest BCUT2D eigenvalue weighted by Gasteiger charge is 2.41. The van der Waals surface area contributed by atoms with Gasteiger partial charge in [-0.2, -0.15) is 18.3 Å². The average molecular weight is 349 g/mol. The van der Waals surface area contributed by atoms with Gasteiger partial charge in [0.05, 0.1) is 11.0 Å². The summed E-state index contributed by atoms with van der Waals surface area (Å²) in [6, 6.07) is -1.28. The quantitative estimate of drug-likeness (QED) is 0.630. The van der Waals surface area contributed by atoms with Gasteiger partial charge in [-0.1, -0.05) is 0 Å². The number of nitrogens with zero attached hydrogens (tertiary/aromatic N) is 4. The first-order valence-electron chi connectivity index (χ1n) is 6.93. The fourth-order valence-electron chi connectivity index (χ4n) is 2.50. The zero-order valence-electron chi connectivity index (χ0n) is 12.5. The van der Waals surface area contributed by atoms with Gasteiger partial charge in [-0.15, -0.1) is 0 Å². The third-order valence-corrected chi connectivity index (χ3v) is 3.65. The maximum Gasteiger partial charge on any atom is 0.471 e. The van der Waals surface area contributed by atoms with Crippen molar-refractivity contribution in [1.29, 1.82) is 0 Å². The smallest absolute Gasteiger partial charge is 0.351 e. The Balaban J connectivity index is 2.15. The van der Waals surface area contributed by atoms with E-state index in [1.54, 1.807) is 5.32 Å². The number of hydrogen-bond acceptors (Lipinski definition) is 6. The van der Waals surface area contributed by atoms with Crippen molar-refractivity contribution in [3.8, 4) is 0 Å². The molecule has 0 saturated carbocycles. The highest BCUT2D eigenvalue weighted by Crippen LogP contribution is 2.28. The van der Waals surface area contributed by atoms with Gasteiger partial charge in [-0.05, 0) is 6.42 Å². The van der Waals surface area contributed by atoms with E-state index in [-0.39, 0.29) is 37.4 Å². The van der Waals surface area contributed by atoms with Crippen molar-refractivity contribution in [3.63, 3.8) is 0 Å². The van der Waals surface area contributed by atoms with E-state index in [1.165, 1.54) is 16.6 Å². The number of ketones is 1. The molecule has 2 rings (SSSR count). The van der Waals surface area contributed by atoms with Crippen LogP contribution in [-0.4, -0.2) is 51.7 Å². The van der Waals surface area contributed by atoms with E-state index in [0.717, 1.165) is 6.20 Å². The van der Waals surface area contributed by atoms with Crippen molar-refractivity contribution in [2.24, 2.45) is 7.05 Å². The summed E-state index contributed by atoms with van der Waals surface area (Å²) in [5, 5.41) is 16.5. The number of aromatic nitrogens is 2. The molecular formula is C12H14F3N5O4. The maximum absolute atomic E-state index is 12.3. The number of aryl methyl sites for hydroxylation is 1. The lowest BCUT2D eigenvalue weighted by atomic mass is 10.1. The van der Waals surface area contributed by atoms with Crippen LogP contribution in [0.2, 0.25) is 0 Å². The van der Waals surface area contributed by atoms with Crippen LogP contribution in [-0.2, 0) is 16.6 Å². The molecule has 0 bridgehead atoms. The fraction of sp³-hybridized carbons (Fsp3) is 0.583. The normalized spacial score (nSPS) is 19.1. The summed E-state index contributed by atoms with van der Waals surface area (Å²) in [6.45, 7) is 0.145. The topological polar surface area (TPSA) is 110 Å². The first-order chi connectivity index (χ1) is 11.1. The molecule has 2 heterocycles. The molecule has 0 radical (unpaired) electrons. The summed E-state index contributed by atoms with van der Waals surface area (Å²) in [6.07, 6.45) is -4.26.